The van der Waals surface area contributed by atoms with Gasteiger partial charge in [-0.2, -0.15) is 0 Å². The first-order valence-electron chi connectivity index (χ1n) is 5.88. The number of hydrogen-bond donors (Lipinski definition) is 1. The molecule has 0 saturated heterocycles. The van der Waals surface area contributed by atoms with E-state index in [-0.39, 0.29) is 5.82 Å². The van der Waals surface area contributed by atoms with E-state index < -0.39 is 6.04 Å². The van der Waals surface area contributed by atoms with Crippen molar-refractivity contribution in [2.75, 3.05) is 0 Å². The fraction of sp³-hybridized carbons (Fsp3) is 0.200. The minimum absolute atomic E-state index is 0.267. The fourth-order valence-corrected chi connectivity index (χ4v) is 3.00. The zero-order valence-electron chi connectivity index (χ0n) is 10.7. The van der Waals surface area contributed by atoms with Gasteiger partial charge in [0.2, 0.25) is 0 Å². The molecule has 0 aliphatic rings. The van der Waals surface area contributed by atoms with Gasteiger partial charge in [0.1, 0.15) is 5.82 Å². The van der Waals surface area contributed by atoms with Crippen LogP contribution in [-0.2, 0) is 0 Å². The van der Waals surface area contributed by atoms with Gasteiger partial charge in [0.25, 0.3) is 0 Å². The maximum absolute atomic E-state index is 13.3. The molecule has 0 radical (unpaired) electrons. The van der Waals surface area contributed by atoms with Gasteiger partial charge in [-0.1, -0.05) is 29.3 Å². The number of halogens is 3. The van der Waals surface area contributed by atoms with Gasteiger partial charge in [-0.05, 0) is 54.8 Å². The summed E-state index contributed by atoms with van der Waals surface area (Å²) in [4.78, 5) is 0. The third-order valence-corrected chi connectivity index (χ3v) is 3.84. The summed E-state index contributed by atoms with van der Waals surface area (Å²) in [6, 6.07) is 7.72. The normalized spacial score (nSPS) is 12.5. The Labute approximate surface area is 122 Å². The van der Waals surface area contributed by atoms with Gasteiger partial charge in [0.15, 0.2) is 0 Å². The van der Waals surface area contributed by atoms with E-state index in [0.29, 0.717) is 15.6 Å². The second-order valence-corrected chi connectivity index (χ2v) is 5.38. The highest BCUT2D eigenvalue weighted by molar-refractivity contribution is 6.36. The molecule has 0 aromatic heterocycles. The topological polar surface area (TPSA) is 26.0 Å². The molecule has 1 unspecified atom stereocenters. The highest BCUT2D eigenvalue weighted by Crippen LogP contribution is 2.35. The molecule has 0 spiro atoms. The predicted molar refractivity (Wildman–Crippen MR) is 78.4 cm³/mol. The Hall–Kier alpha value is -1.09. The summed E-state index contributed by atoms with van der Waals surface area (Å²) in [7, 11) is 0. The van der Waals surface area contributed by atoms with E-state index in [1.807, 2.05) is 13.8 Å². The lowest BCUT2D eigenvalue weighted by Gasteiger charge is -2.20. The molecule has 100 valence electrons. The molecule has 2 rings (SSSR count). The van der Waals surface area contributed by atoms with Crippen molar-refractivity contribution in [3.63, 3.8) is 0 Å². The van der Waals surface area contributed by atoms with Gasteiger partial charge < -0.3 is 5.73 Å². The molecule has 1 atom stereocenters. The molecular formula is C15H14Cl2FN. The molecule has 2 N–H and O–H groups in total. The molecule has 2 aromatic carbocycles. The molecule has 1 nitrogen and oxygen atoms in total. The Morgan fingerprint density at radius 2 is 1.47 bits per heavy atom. The maximum atomic E-state index is 13.3. The van der Waals surface area contributed by atoms with Crippen LogP contribution in [0.15, 0.2) is 30.3 Å². The lowest BCUT2D eigenvalue weighted by Crippen LogP contribution is -2.16. The Morgan fingerprint density at radius 1 is 1.00 bits per heavy atom. The van der Waals surface area contributed by atoms with Crippen LogP contribution in [0, 0.1) is 19.7 Å². The summed E-state index contributed by atoms with van der Waals surface area (Å²) >= 11 is 12.3. The molecular weight excluding hydrogens is 284 g/mol. The average molecular weight is 298 g/mol. The van der Waals surface area contributed by atoms with Crippen LogP contribution >= 0.6 is 23.2 Å². The Morgan fingerprint density at radius 3 is 1.95 bits per heavy atom. The summed E-state index contributed by atoms with van der Waals surface area (Å²) in [5, 5.41) is 1.03. The van der Waals surface area contributed by atoms with E-state index in [1.54, 1.807) is 18.2 Å². The number of hydrogen-bond acceptors (Lipinski definition) is 1. The van der Waals surface area contributed by atoms with Crippen LogP contribution in [0.2, 0.25) is 10.0 Å². The Bertz CT molecular complexity index is 582. The molecule has 0 fully saturated rings. The molecule has 0 aliphatic carbocycles. The van der Waals surface area contributed by atoms with E-state index >= 15 is 0 Å². The lowest BCUT2D eigenvalue weighted by atomic mass is 9.92. The molecule has 2 aromatic rings. The molecule has 0 amide bonds. The molecule has 0 saturated carbocycles. The molecule has 4 heteroatoms. The van der Waals surface area contributed by atoms with Crippen molar-refractivity contribution in [3.05, 3.63) is 68.4 Å². The monoisotopic (exact) mass is 297 g/mol. The van der Waals surface area contributed by atoms with Gasteiger partial charge in [-0.15, -0.1) is 0 Å². The Kier molecular flexibility index (Phi) is 4.14. The van der Waals surface area contributed by atoms with Crippen LogP contribution in [0.4, 0.5) is 4.39 Å². The van der Waals surface area contributed by atoms with E-state index in [2.05, 4.69) is 0 Å². The summed E-state index contributed by atoms with van der Waals surface area (Å²) in [5.41, 5.74) is 9.39. The summed E-state index contributed by atoms with van der Waals surface area (Å²) in [5.74, 6) is -0.267. The quantitative estimate of drug-likeness (QED) is 0.847. The van der Waals surface area contributed by atoms with E-state index in [1.165, 1.54) is 12.1 Å². The SMILES string of the molecule is Cc1cc(F)cc(C)c1C(N)c1c(Cl)cccc1Cl. The van der Waals surface area contributed by atoms with Crippen molar-refractivity contribution in [2.45, 2.75) is 19.9 Å². The van der Waals surface area contributed by atoms with Crippen LogP contribution in [0.25, 0.3) is 0 Å². The van der Waals surface area contributed by atoms with Gasteiger partial charge in [0.05, 0.1) is 6.04 Å². The number of benzene rings is 2. The van der Waals surface area contributed by atoms with Crippen LogP contribution in [0.5, 0.6) is 0 Å². The second kappa shape index (κ2) is 5.49. The van der Waals surface area contributed by atoms with Crippen LogP contribution < -0.4 is 5.73 Å². The molecule has 0 heterocycles. The zero-order chi connectivity index (χ0) is 14.2. The van der Waals surface area contributed by atoms with Crippen molar-refractivity contribution < 1.29 is 4.39 Å². The molecule has 0 bridgehead atoms. The minimum atomic E-state index is -0.471. The third kappa shape index (κ3) is 2.76. The van der Waals surface area contributed by atoms with Crippen molar-refractivity contribution in [1.29, 1.82) is 0 Å². The van der Waals surface area contributed by atoms with Gasteiger partial charge in [-0.25, -0.2) is 4.39 Å². The maximum Gasteiger partial charge on any atom is 0.123 e. The van der Waals surface area contributed by atoms with Gasteiger partial charge in [-0.3, -0.25) is 0 Å². The van der Waals surface area contributed by atoms with Crippen molar-refractivity contribution in [2.24, 2.45) is 5.73 Å². The minimum Gasteiger partial charge on any atom is -0.320 e. The highest BCUT2D eigenvalue weighted by atomic mass is 35.5. The van der Waals surface area contributed by atoms with Gasteiger partial charge >= 0.3 is 0 Å². The summed E-state index contributed by atoms with van der Waals surface area (Å²) < 4.78 is 13.3. The first-order chi connectivity index (χ1) is 8.91. The number of rotatable bonds is 2. The first kappa shape index (κ1) is 14.3. The molecule has 19 heavy (non-hydrogen) atoms. The van der Waals surface area contributed by atoms with E-state index in [4.69, 9.17) is 28.9 Å². The van der Waals surface area contributed by atoms with Crippen molar-refractivity contribution in [1.82, 2.24) is 0 Å². The highest BCUT2D eigenvalue weighted by Gasteiger charge is 2.20. The van der Waals surface area contributed by atoms with Gasteiger partial charge in [0, 0.05) is 15.6 Å². The fourth-order valence-electron chi connectivity index (χ4n) is 2.36. The van der Waals surface area contributed by atoms with Crippen LogP contribution in [0.3, 0.4) is 0 Å². The van der Waals surface area contributed by atoms with E-state index in [9.17, 15) is 4.39 Å². The first-order valence-corrected chi connectivity index (χ1v) is 6.63. The zero-order valence-corrected chi connectivity index (χ0v) is 12.2. The van der Waals surface area contributed by atoms with Crippen molar-refractivity contribution >= 4 is 23.2 Å². The van der Waals surface area contributed by atoms with Crippen LogP contribution in [-0.4, -0.2) is 0 Å². The lowest BCUT2D eigenvalue weighted by molar-refractivity contribution is 0.623. The molecule has 0 aliphatic heterocycles. The smallest absolute Gasteiger partial charge is 0.123 e. The number of nitrogens with two attached hydrogens (primary N) is 1. The number of aryl methyl sites for hydroxylation is 2. The van der Waals surface area contributed by atoms with E-state index in [0.717, 1.165) is 16.7 Å². The predicted octanol–water partition coefficient (Wildman–Crippen LogP) is 4.80. The Balaban J connectivity index is 2.60. The summed E-state index contributed by atoms with van der Waals surface area (Å²) in [6.45, 7) is 3.66. The van der Waals surface area contributed by atoms with Crippen molar-refractivity contribution in [3.8, 4) is 0 Å². The third-order valence-electron chi connectivity index (χ3n) is 3.18. The average Bonchev–Trinajstić information content (AvgIpc) is 2.26. The van der Waals surface area contributed by atoms with Crippen LogP contribution in [0.1, 0.15) is 28.3 Å². The largest absolute Gasteiger partial charge is 0.320 e. The standard InChI is InChI=1S/C15H14Cl2FN/c1-8-6-10(18)7-9(2)13(8)15(19)14-11(16)4-3-5-12(14)17/h3-7,15H,19H2,1-2H3. The second-order valence-electron chi connectivity index (χ2n) is 4.57. The summed E-state index contributed by atoms with van der Waals surface area (Å²) in [6.07, 6.45) is 0.